The molecule has 30 heavy (non-hydrogen) atoms. The van der Waals surface area contributed by atoms with Crippen LogP contribution in [0.4, 0.5) is 0 Å². The van der Waals surface area contributed by atoms with Gasteiger partial charge in [-0.3, -0.25) is 0 Å². The maximum Gasteiger partial charge on any atom is 0.345 e. The summed E-state index contributed by atoms with van der Waals surface area (Å²) in [6, 6.07) is 7.12. The average molecular weight is 419 g/mol. The first-order valence-electron chi connectivity index (χ1n) is 11.1. The van der Waals surface area contributed by atoms with Gasteiger partial charge in [0.15, 0.2) is 0 Å². The van der Waals surface area contributed by atoms with E-state index in [0.717, 1.165) is 38.5 Å². The summed E-state index contributed by atoms with van der Waals surface area (Å²) in [5.41, 5.74) is 0.628. The number of benzene rings is 1. The molecule has 0 radical (unpaired) electrons. The van der Waals surface area contributed by atoms with Crippen LogP contribution in [0.2, 0.25) is 0 Å². The van der Waals surface area contributed by atoms with Gasteiger partial charge in [0.2, 0.25) is 0 Å². The van der Waals surface area contributed by atoms with Crippen LogP contribution in [0.5, 0.6) is 5.75 Å². The Bertz CT molecular complexity index is 631. The SMILES string of the molecule is CCCCC(C)COC(=O)C(=Cc1ccc(OC)cc1)C(=O)OCC(C)CCCC. The number of ether oxygens (including phenoxy) is 3. The number of unbranched alkanes of at least 4 members (excludes halogenated alkanes) is 2. The number of methoxy groups -OCH3 is 1. The van der Waals surface area contributed by atoms with Gasteiger partial charge in [-0.1, -0.05) is 65.5 Å². The van der Waals surface area contributed by atoms with Crippen LogP contribution in [-0.4, -0.2) is 32.3 Å². The first-order valence-corrected chi connectivity index (χ1v) is 11.1. The van der Waals surface area contributed by atoms with Crippen molar-refractivity contribution < 1.29 is 23.8 Å². The summed E-state index contributed by atoms with van der Waals surface area (Å²) in [5.74, 6) is -0.0726. The highest BCUT2D eigenvalue weighted by molar-refractivity contribution is 6.17. The average Bonchev–Trinajstić information content (AvgIpc) is 2.76. The monoisotopic (exact) mass is 418 g/mol. The third-order valence-corrected chi connectivity index (χ3v) is 4.97. The van der Waals surface area contributed by atoms with E-state index in [9.17, 15) is 9.59 Å². The maximum atomic E-state index is 12.7. The lowest BCUT2D eigenvalue weighted by Crippen LogP contribution is -2.22. The van der Waals surface area contributed by atoms with Crippen LogP contribution in [0.1, 0.15) is 71.8 Å². The fourth-order valence-corrected chi connectivity index (χ4v) is 2.93. The van der Waals surface area contributed by atoms with Crippen LogP contribution in [0.3, 0.4) is 0 Å². The normalized spacial score (nSPS) is 12.6. The Morgan fingerprint density at radius 1 is 0.867 bits per heavy atom. The first kappa shape index (κ1) is 25.7. The van der Waals surface area contributed by atoms with Gasteiger partial charge in [0.25, 0.3) is 0 Å². The van der Waals surface area contributed by atoms with Gasteiger partial charge in [-0.25, -0.2) is 9.59 Å². The van der Waals surface area contributed by atoms with E-state index in [1.54, 1.807) is 31.4 Å². The molecule has 1 aromatic carbocycles. The molecule has 2 unspecified atom stereocenters. The smallest absolute Gasteiger partial charge is 0.345 e. The Kier molecular flexibility index (Phi) is 12.6. The highest BCUT2D eigenvalue weighted by Gasteiger charge is 2.23. The lowest BCUT2D eigenvalue weighted by molar-refractivity contribution is -0.148. The van der Waals surface area contributed by atoms with Crippen LogP contribution in [0, 0.1) is 11.8 Å². The molecule has 5 nitrogen and oxygen atoms in total. The Balaban J connectivity index is 2.87. The summed E-state index contributed by atoms with van der Waals surface area (Å²) in [4.78, 5) is 25.4. The number of hydrogen-bond acceptors (Lipinski definition) is 5. The molecule has 5 heteroatoms. The highest BCUT2D eigenvalue weighted by atomic mass is 16.6. The van der Waals surface area contributed by atoms with Crippen molar-refractivity contribution in [2.45, 2.75) is 66.2 Å². The van der Waals surface area contributed by atoms with Gasteiger partial charge in [-0.15, -0.1) is 0 Å². The van der Waals surface area contributed by atoms with E-state index in [2.05, 4.69) is 13.8 Å². The lowest BCUT2D eigenvalue weighted by atomic mass is 10.1. The molecule has 0 saturated carbocycles. The predicted octanol–water partition coefficient (Wildman–Crippen LogP) is 5.82. The fourth-order valence-electron chi connectivity index (χ4n) is 2.93. The van der Waals surface area contributed by atoms with Gasteiger partial charge >= 0.3 is 11.9 Å². The Morgan fingerprint density at radius 2 is 1.33 bits per heavy atom. The van der Waals surface area contributed by atoms with E-state index < -0.39 is 11.9 Å². The van der Waals surface area contributed by atoms with E-state index in [-0.39, 0.29) is 17.4 Å². The highest BCUT2D eigenvalue weighted by Crippen LogP contribution is 2.17. The zero-order valence-corrected chi connectivity index (χ0v) is 19.2. The maximum absolute atomic E-state index is 12.7. The molecule has 0 aliphatic rings. The number of esters is 2. The number of rotatable bonds is 14. The number of hydrogen-bond donors (Lipinski definition) is 0. The van der Waals surface area contributed by atoms with E-state index in [4.69, 9.17) is 14.2 Å². The summed E-state index contributed by atoms with van der Waals surface area (Å²) in [6.07, 6.45) is 7.88. The van der Waals surface area contributed by atoms with E-state index in [1.807, 2.05) is 13.8 Å². The summed E-state index contributed by atoms with van der Waals surface area (Å²) < 4.78 is 16.0. The van der Waals surface area contributed by atoms with Gasteiger partial charge in [-0.05, 0) is 48.4 Å². The fraction of sp³-hybridized carbons (Fsp3) is 0.600. The summed E-state index contributed by atoms with van der Waals surface area (Å²) in [6.45, 7) is 8.93. The Morgan fingerprint density at radius 3 is 1.73 bits per heavy atom. The predicted molar refractivity (Wildman–Crippen MR) is 120 cm³/mol. The van der Waals surface area contributed by atoms with Gasteiger partial charge < -0.3 is 14.2 Å². The minimum absolute atomic E-state index is 0.0782. The largest absolute Gasteiger partial charge is 0.497 e. The van der Waals surface area contributed by atoms with Crippen molar-refractivity contribution in [3.05, 3.63) is 35.4 Å². The Hall–Kier alpha value is -2.30. The van der Waals surface area contributed by atoms with Gasteiger partial charge in [-0.2, -0.15) is 0 Å². The molecule has 0 aliphatic heterocycles. The molecule has 0 aliphatic carbocycles. The molecule has 1 rings (SSSR count). The van der Waals surface area contributed by atoms with Gasteiger partial charge in [0.1, 0.15) is 11.3 Å². The quantitative estimate of drug-likeness (QED) is 0.165. The van der Waals surface area contributed by atoms with Crippen molar-refractivity contribution in [3.8, 4) is 5.75 Å². The van der Waals surface area contributed by atoms with Crippen molar-refractivity contribution in [3.63, 3.8) is 0 Å². The zero-order chi connectivity index (χ0) is 22.4. The van der Waals surface area contributed by atoms with Gasteiger partial charge in [0.05, 0.1) is 20.3 Å². The number of carbonyl (C=O) groups excluding carboxylic acids is 2. The van der Waals surface area contributed by atoms with Crippen molar-refractivity contribution in [1.82, 2.24) is 0 Å². The molecule has 0 heterocycles. The van der Waals surface area contributed by atoms with Crippen LogP contribution in [0.15, 0.2) is 29.8 Å². The second-order valence-electron chi connectivity index (χ2n) is 8.02. The summed E-state index contributed by atoms with van der Waals surface area (Å²) in [7, 11) is 1.59. The molecule has 0 amide bonds. The van der Waals surface area contributed by atoms with Crippen molar-refractivity contribution in [2.24, 2.45) is 11.8 Å². The van der Waals surface area contributed by atoms with Crippen LogP contribution in [0.25, 0.3) is 6.08 Å². The molecule has 0 spiro atoms. The van der Waals surface area contributed by atoms with E-state index in [0.29, 0.717) is 24.5 Å². The number of carbonyl (C=O) groups is 2. The lowest BCUT2D eigenvalue weighted by Gasteiger charge is -2.15. The first-order chi connectivity index (χ1) is 14.4. The van der Waals surface area contributed by atoms with Crippen LogP contribution < -0.4 is 4.74 Å². The van der Waals surface area contributed by atoms with Crippen LogP contribution in [-0.2, 0) is 19.1 Å². The second kappa shape index (κ2) is 14.6. The molecular weight excluding hydrogens is 380 g/mol. The second-order valence-corrected chi connectivity index (χ2v) is 8.02. The van der Waals surface area contributed by atoms with E-state index in [1.165, 1.54) is 6.08 Å². The van der Waals surface area contributed by atoms with Crippen molar-refractivity contribution in [2.75, 3.05) is 20.3 Å². The standard InChI is InChI=1S/C25H38O5/c1-6-8-10-19(3)17-29-24(26)23(16-21-12-14-22(28-5)15-13-21)25(27)30-18-20(4)11-9-7-2/h12-16,19-20H,6-11,17-18H2,1-5H3. The molecule has 0 saturated heterocycles. The molecule has 0 bridgehead atoms. The molecule has 0 N–H and O–H groups in total. The third-order valence-electron chi connectivity index (χ3n) is 4.97. The third kappa shape index (κ3) is 9.95. The van der Waals surface area contributed by atoms with Gasteiger partial charge in [0, 0.05) is 0 Å². The zero-order valence-electron chi connectivity index (χ0n) is 19.2. The Labute approximate surface area is 181 Å². The summed E-state index contributed by atoms with van der Waals surface area (Å²) in [5, 5.41) is 0. The molecule has 1 aromatic rings. The molecule has 2 atom stereocenters. The van der Waals surface area contributed by atoms with Crippen LogP contribution >= 0.6 is 0 Å². The molecule has 168 valence electrons. The molecular formula is C25H38O5. The topological polar surface area (TPSA) is 61.8 Å². The van der Waals surface area contributed by atoms with Crippen molar-refractivity contribution in [1.29, 1.82) is 0 Å². The minimum atomic E-state index is -0.639. The minimum Gasteiger partial charge on any atom is -0.497 e. The summed E-state index contributed by atoms with van der Waals surface area (Å²) >= 11 is 0. The molecule has 0 aromatic heterocycles. The molecule has 0 fully saturated rings. The van der Waals surface area contributed by atoms with E-state index >= 15 is 0 Å². The van der Waals surface area contributed by atoms with Crippen molar-refractivity contribution >= 4 is 18.0 Å².